The highest BCUT2D eigenvalue weighted by atomic mass is 32.2. The van der Waals surface area contributed by atoms with E-state index >= 15 is 0 Å². The summed E-state index contributed by atoms with van der Waals surface area (Å²) in [5, 5.41) is 12.9. The average molecular weight is 294 g/mol. The van der Waals surface area contributed by atoms with Crippen LogP contribution in [0, 0.1) is 0 Å². The van der Waals surface area contributed by atoms with E-state index in [1.165, 1.54) is 11.8 Å². The molecular weight excluding hydrogens is 280 g/mol. The first kappa shape index (κ1) is 13.8. The quantitative estimate of drug-likeness (QED) is 0.259. The molecule has 19 heavy (non-hydrogen) atoms. The Morgan fingerprint density at radius 3 is 2.89 bits per heavy atom. The summed E-state index contributed by atoms with van der Waals surface area (Å²) < 4.78 is 0. The second kappa shape index (κ2) is 6.53. The van der Waals surface area contributed by atoms with Gasteiger partial charge in [-0.2, -0.15) is 0 Å². The Morgan fingerprint density at radius 2 is 2.26 bits per heavy atom. The number of rotatable bonds is 5. The fourth-order valence-electron chi connectivity index (χ4n) is 1.59. The zero-order chi connectivity index (χ0) is 13.7. The number of nitrogens with zero attached hydrogens (tertiary/aromatic N) is 2. The van der Waals surface area contributed by atoms with Gasteiger partial charge in [-0.1, -0.05) is 29.9 Å². The predicted octanol–water partition coefficient (Wildman–Crippen LogP) is 2.77. The van der Waals surface area contributed by atoms with Crippen LogP contribution in [0.25, 0.3) is 0 Å². The fraction of sp³-hybridized carbons (Fsp3) is 0.167. The lowest BCUT2D eigenvalue weighted by molar-refractivity contribution is 0.318. The van der Waals surface area contributed by atoms with Crippen molar-refractivity contribution in [3.63, 3.8) is 0 Å². The molecule has 7 heteroatoms. The van der Waals surface area contributed by atoms with Crippen LogP contribution in [0.15, 0.2) is 50.7 Å². The van der Waals surface area contributed by atoms with Crippen LogP contribution in [0.5, 0.6) is 0 Å². The Bertz CT molecular complexity index is 569. The molecular formula is C12H14N4OS2. The SMILES string of the molecule is CCSc1cccc(Sc2ncc[nH]2)c1/C(N)=N/O. The van der Waals surface area contributed by atoms with Crippen LogP contribution in [0.1, 0.15) is 12.5 Å². The van der Waals surface area contributed by atoms with Gasteiger partial charge in [-0.15, -0.1) is 11.8 Å². The summed E-state index contributed by atoms with van der Waals surface area (Å²) in [7, 11) is 0. The number of imidazole rings is 1. The molecule has 0 fully saturated rings. The monoisotopic (exact) mass is 294 g/mol. The molecule has 0 bridgehead atoms. The van der Waals surface area contributed by atoms with Gasteiger partial charge in [-0.25, -0.2) is 4.98 Å². The van der Waals surface area contributed by atoms with E-state index in [0.717, 1.165) is 26.3 Å². The molecule has 0 radical (unpaired) electrons. The number of hydrogen-bond donors (Lipinski definition) is 3. The number of nitrogens with one attached hydrogen (secondary N) is 1. The molecule has 0 saturated heterocycles. The number of benzene rings is 1. The second-order valence-electron chi connectivity index (χ2n) is 3.54. The molecule has 0 spiro atoms. The molecule has 0 amide bonds. The van der Waals surface area contributed by atoms with Crippen molar-refractivity contribution < 1.29 is 5.21 Å². The minimum absolute atomic E-state index is 0.116. The first-order valence-corrected chi connectivity index (χ1v) is 7.47. The number of H-pyrrole nitrogens is 1. The molecule has 4 N–H and O–H groups in total. The van der Waals surface area contributed by atoms with Crippen LogP contribution in [-0.4, -0.2) is 26.8 Å². The van der Waals surface area contributed by atoms with Gasteiger partial charge in [0.1, 0.15) is 0 Å². The molecule has 1 heterocycles. The summed E-state index contributed by atoms with van der Waals surface area (Å²) in [6, 6.07) is 5.85. The van der Waals surface area contributed by atoms with Crippen LogP contribution >= 0.6 is 23.5 Å². The Hall–Kier alpha value is -1.60. The van der Waals surface area contributed by atoms with Gasteiger partial charge in [0, 0.05) is 27.7 Å². The highest BCUT2D eigenvalue weighted by Gasteiger charge is 2.14. The molecule has 0 saturated carbocycles. The van der Waals surface area contributed by atoms with E-state index in [1.54, 1.807) is 24.2 Å². The van der Waals surface area contributed by atoms with Gasteiger partial charge < -0.3 is 15.9 Å². The molecule has 5 nitrogen and oxygen atoms in total. The van der Waals surface area contributed by atoms with Crippen LogP contribution in [0.4, 0.5) is 0 Å². The fourth-order valence-corrected chi connectivity index (χ4v) is 3.41. The van der Waals surface area contributed by atoms with Gasteiger partial charge >= 0.3 is 0 Å². The highest BCUT2D eigenvalue weighted by Crippen LogP contribution is 2.33. The van der Waals surface area contributed by atoms with Crippen LogP contribution < -0.4 is 5.73 Å². The Balaban J connectivity index is 2.44. The number of thioether (sulfide) groups is 1. The van der Waals surface area contributed by atoms with Crippen molar-refractivity contribution in [1.82, 2.24) is 9.97 Å². The minimum atomic E-state index is 0.116. The van der Waals surface area contributed by atoms with Gasteiger partial charge in [0.25, 0.3) is 0 Å². The van der Waals surface area contributed by atoms with E-state index in [2.05, 4.69) is 22.0 Å². The molecule has 2 aromatic rings. The molecule has 100 valence electrons. The van der Waals surface area contributed by atoms with Gasteiger partial charge in [0.2, 0.25) is 0 Å². The maximum Gasteiger partial charge on any atom is 0.172 e. The largest absolute Gasteiger partial charge is 0.409 e. The zero-order valence-electron chi connectivity index (χ0n) is 10.3. The smallest absolute Gasteiger partial charge is 0.172 e. The van der Waals surface area contributed by atoms with E-state index < -0.39 is 0 Å². The normalized spacial score (nSPS) is 11.7. The molecule has 0 atom stereocenters. The van der Waals surface area contributed by atoms with E-state index in [0.29, 0.717) is 0 Å². The van der Waals surface area contributed by atoms with Crippen molar-refractivity contribution in [3.8, 4) is 0 Å². The van der Waals surface area contributed by atoms with Crippen molar-refractivity contribution in [3.05, 3.63) is 36.2 Å². The number of oxime groups is 1. The van der Waals surface area contributed by atoms with Gasteiger partial charge in [0.15, 0.2) is 11.0 Å². The first-order chi connectivity index (χ1) is 9.26. The average Bonchev–Trinajstić information content (AvgIpc) is 2.91. The molecule has 1 aromatic heterocycles. The third kappa shape index (κ3) is 3.24. The van der Waals surface area contributed by atoms with Gasteiger partial charge in [-0.05, 0) is 17.9 Å². The lowest BCUT2D eigenvalue weighted by Gasteiger charge is -2.11. The van der Waals surface area contributed by atoms with E-state index in [1.807, 2.05) is 18.2 Å². The summed E-state index contributed by atoms with van der Waals surface area (Å²) >= 11 is 3.11. The van der Waals surface area contributed by atoms with E-state index in [4.69, 9.17) is 10.9 Å². The van der Waals surface area contributed by atoms with E-state index in [9.17, 15) is 0 Å². The van der Waals surface area contributed by atoms with E-state index in [-0.39, 0.29) is 5.84 Å². The number of aromatic amines is 1. The Morgan fingerprint density at radius 1 is 1.47 bits per heavy atom. The number of nitrogens with two attached hydrogens (primary N) is 1. The summed E-state index contributed by atoms with van der Waals surface area (Å²) in [6.45, 7) is 2.06. The van der Waals surface area contributed by atoms with Crippen molar-refractivity contribution >= 4 is 29.4 Å². The molecule has 2 rings (SSSR count). The third-order valence-corrected chi connectivity index (χ3v) is 4.25. The maximum absolute atomic E-state index is 8.95. The van der Waals surface area contributed by atoms with Crippen molar-refractivity contribution in [2.24, 2.45) is 10.9 Å². The van der Waals surface area contributed by atoms with Crippen molar-refractivity contribution in [1.29, 1.82) is 0 Å². The standard InChI is InChI=1S/C12H14N4OS2/c1-2-18-8-4-3-5-9(10(8)11(13)16-17)19-12-14-6-7-15-12/h3-7,17H,2H2,1H3,(H2,13,16)(H,14,15). The first-order valence-electron chi connectivity index (χ1n) is 5.67. The molecule has 0 aliphatic carbocycles. The van der Waals surface area contributed by atoms with Crippen molar-refractivity contribution in [2.45, 2.75) is 21.9 Å². The van der Waals surface area contributed by atoms with Crippen LogP contribution in [-0.2, 0) is 0 Å². The predicted molar refractivity (Wildman–Crippen MR) is 78.1 cm³/mol. The zero-order valence-corrected chi connectivity index (χ0v) is 12.0. The molecule has 1 aromatic carbocycles. The topological polar surface area (TPSA) is 87.3 Å². The van der Waals surface area contributed by atoms with Crippen molar-refractivity contribution in [2.75, 3.05) is 5.75 Å². The molecule has 0 aliphatic rings. The summed E-state index contributed by atoms with van der Waals surface area (Å²) in [6.07, 6.45) is 3.45. The lowest BCUT2D eigenvalue weighted by Crippen LogP contribution is -2.15. The second-order valence-corrected chi connectivity index (χ2v) is 5.88. The Kier molecular flexibility index (Phi) is 4.75. The minimum Gasteiger partial charge on any atom is -0.409 e. The van der Waals surface area contributed by atoms with Crippen LogP contribution in [0.2, 0.25) is 0 Å². The van der Waals surface area contributed by atoms with Gasteiger partial charge in [0.05, 0.1) is 0 Å². The molecule has 0 unspecified atom stereocenters. The van der Waals surface area contributed by atoms with Gasteiger partial charge in [-0.3, -0.25) is 0 Å². The third-order valence-electron chi connectivity index (χ3n) is 2.33. The highest BCUT2D eigenvalue weighted by molar-refractivity contribution is 8.00. The lowest BCUT2D eigenvalue weighted by atomic mass is 10.2. The van der Waals surface area contributed by atoms with Crippen LogP contribution in [0.3, 0.4) is 0 Å². The number of amidine groups is 1. The number of hydrogen-bond acceptors (Lipinski definition) is 5. The Labute approximate surface area is 119 Å². The summed E-state index contributed by atoms with van der Waals surface area (Å²) in [5.74, 6) is 1.03. The maximum atomic E-state index is 8.95. The number of aromatic nitrogens is 2. The summed E-state index contributed by atoms with van der Waals surface area (Å²) in [4.78, 5) is 9.09. The summed E-state index contributed by atoms with van der Waals surface area (Å²) in [5.41, 5.74) is 6.55. The molecule has 0 aliphatic heterocycles.